The van der Waals surface area contributed by atoms with E-state index in [9.17, 15) is 0 Å². The molecule has 1 aromatic rings. The molecule has 2 rings (SSSR count). The summed E-state index contributed by atoms with van der Waals surface area (Å²) in [5, 5.41) is 7.99. The van der Waals surface area contributed by atoms with E-state index in [4.69, 9.17) is 9.47 Å². The van der Waals surface area contributed by atoms with Crippen molar-refractivity contribution in [3.05, 3.63) is 11.9 Å². The molecule has 5 heteroatoms. The second kappa shape index (κ2) is 7.27. The van der Waals surface area contributed by atoms with Crippen LogP contribution in [0.3, 0.4) is 0 Å². The van der Waals surface area contributed by atoms with Crippen LogP contribution in [0.1, 0.15) is 57.2 Å². The maximum atomic E-state index is 6.09. The van der Waals surface area contributed by atoms with Crippen molar-refractivity contribution in [2.24, 2.45) is 7.05 Å². The summed E-state index contributed by atoms with van der Waals surface area (Å²) in [4.78, 5) is 0. The van der Waals surface area contributed by atoms with E-state index in [2.05, 4.69) is 17.3 Å². The van der Waals surface area contributed by atoms with Gasteiger partial charge < -0.3 is 14.8 Å². The van der Waals surface area contributed by atoms with Crippen LogP contribution < -0.4 is 10.1 Å². The largest absolute Gasteiger partial charge is 0.493 e. The molecule has 1 atom stereocenters. The van der Waals surface area contributed by atoms with Gasteiger partial charge in [-0.25, -0.2) is 0 Å². The van der Waals surface area contributed by atoms with Gasteiger partial charge in [-0.05, 0) is 19.4 Å². The molecule has 1 aliphatic rings. The first kappa shape index (κ1) is 16.3. The summed E-state index contributed by atoms with van der Waals surface area (Å²) in [6.45, 7) is 3.03. The summed E-state index contributed by atoms with van der Waals surface area (Å²) in [7, 11) is 5.52. The molecular weight excluding hydrogens is 266 g/mol. The van der Waals surface area contributed by atoms with Crippen LogP contribution in [0.5, 0.6) is 5.75 Å². The Kier molecular flexibility index (Phi) is 5.65. The van der Waals surface area contributed by atoms with Gasteiger partial charge in [-0.3, -0.25) is 4.68 Å². The van der Waals surface area contributed by atoms with Crippen LogP contribution in [0.25, 0.3) is 0 Å². The van der Waals surface area contributed by atoms with E-state index in [1.807, 2.05) is 18.8 Å². The van der Waals surface area contributed by atoms with Crippen LogP contribution in [0.4, 0.5) is 0 Å². The summed E-state index contributed by atoms with van der Waals surface area (Å²) in [5.41, 5.74) is 0.913. The first-order valence-electron chi connectivity index (χ1n) is 8.03. The summed E-state index contributed by atoms with van der Waals surface area (Å²) in [6.07, 6.45) is 8.98. The van der Waals surface area contributed by atoms with Gasteiger partial charge >= 0.3 is 0 Å². The fraction of sp³-hybridized carbons (Fsp3) is 0.812. The minimum absolute atomic E-state index is 0.105. The van der Waals surface area contributed by atoms with Crippen molar-refractivity contribution in [3.8, 4) is 5.75 Å². The predicted octanol–water partition coefficient (Wildman–Crippen LogP) is 2.82. The lowest BCUT2D eigenvalue weighted by molar-refractivity contribution is -0.0560. The molecule has 0 aliphatic heterocycles. The number of aromatic nitrogens is 2. The molecule has 0 radical (unpaired) electrons. The van der Waals surface area contributed by atoms with Crippen molar-refractivity contribution in [2.75, 3.05) is 20.8 Å². The molecule has 120 valence electrons. The van der Waals surface area contributed by atoms with Gasteiger partial charge in [0.2, 0.25) is 0 Å². The molecule has 0 amide bonds. The van der Waals surface area contributed by atoms with E-state index in [0.29, 0.717) is 0 Å². The normalized spacial score (nSPS) is 20.0. The lowest BCUT2D eigenvalue weighted by Crippen LogP contribution is -2.46. The van der Waals surface area contributed by atoms with E-state index >= 15 is 0 Å². The molecule has 1 saturated carbocycles. The first-order chi connectivity index (χ1) is 10.2. The Hall–Kier alpha value is -1.07. The van der Waals surface area contributed by atoms with Crippen molar-refractivity contribution in [3.63, 3.8) is 0 Å². The Balaban J connectivity index is 2.42. The second-order valence-electron chi connectivity index (χ2n) is 5.90. The highest BCUT2D eigenvalue weighted by atomic mass is 16.5. The molecule has 5 nitrogen and oxygen atoms in total. The second-order valence-corrected chi connectivity index (χ2v) is 5.90. The van der Waals surface area contributed by atoms with Gasteiger partial charge in [0.1, 0.15) is 0 Å². The molecule has 0 saturated heterocycles. The monoisotopic (exact) mass is 295 g/mol. The minimum Gasteiger partial charge on any atom is -0.493 e. The predicted molar refractivity (Wildman–Crippen MR) is 83.6 cm³/mol. The van der Waals surface area contributed by atoms with E-state index in [1.54, 1.807) is 13.3 Å². The Labute approximate surface area is 128 Å². The highest BCUT2D eigenvalue weighted by Gasteiger charge is 2.42. The molecule has 0 bridgehead atoms. The number of hydrogen-bond donors (Lipinski definition) is 1. The number of nitrogens with zero attached hydrogens (tertiary/aromatic N) is 2. The lowest BCUT2D eigenvalue weighted by atomic mass is 9.83. The van der Waals surface area contributed by atoms with E-state index < -0.39 is 0 Å². The molecule has 0 aromatic carbocycles. The quantitative estimate of drug-likeness (QED) is 0.820. The molecule has 1 N–H and O–H groups in total. The number of aryl methyl sites for hydroxylation is 1. The Morgan fingerprint density at radius 2 is 1.95 bits per heavy atom. The van der Waals surface area contributed by atoms with Crippen LogP contribution in [0.2, 0.25) is 0 Å². The molecule has 0 spiro atoms. The van der Waals surface area contributed by atoms with Crippen LogP contribution >= 0.6 is 0 Å². The number of nitrogens with one attached hydrogen (secondary N) is 1. The number of ether oxygens (including phenoxy) is 2. The number of hydrogen-bond acceptors (Lipinski definition) is 4. The molecule has 1 unspecified atom stereocenters. The number of likely N-dealkylation sites (N-methyl/N-ethyl adjacent to an activating group) is 1. The Morgan fingerprint density at radius 3 is 2.48 bits per heavy atom. The lowest BCUT2D eigenvalue weighted by Gasteiger charge is -2.40. The zero-order valence-corrected chi connectivity index (χ0v) is 13.8. The Morgan fingerprint density at radius 1 is 1.29 bits per heavy atom. The fourth-order valence-corrected chi connectivity index (χ4v) is 3.59. The van der Waals surface area contributed by atoms with Gasteiger partial charge in [-0.1, -0.05) is 32.6 Å². The number of rotatable bonds is 6. The minimum atomic E-state index is -0.173. The standard InChI is InChI=1S/C16H29N3O2/c1-5-17-15(14-13(20-3)12-18-19(14)2)16(21-4)10-8-6-7-9-11-16/h12,15,17H,5-11H2,1-4H3. The maximum Gasteiger partial charge on any atom is 0.161 e. The molecular formula is C16H29N3O2. The number of methoxy groups -OCH3 is 2. The van der Waals surface area contributed by atoms with Gasteiger partial charge in [0.05, 0.1) is 30.6 Å². The molecule has 21 heavy (non-hydrogen) atoms. The smallest absolute Gasteiger partial charge is 0.161 e. The van der Waals surface area contributed by atoms with Crippen molar-refractivity contribution in [1.29, 1.82) is 0 Å². The highest BCUT2D eigenvalue weighted by Crippen LogP contribution is 2.42. The van der Waals surface area contributed by atoms with Gasteiger partial charge in [-0.2, -0.15) is 5.10 Å². The first-order valence-corrected chi connectivity index (χ1v) is 8.03. The molecule has 1 fully saturated rings. The van der Waals surface area contributed by atoms with Gasteiger partial charge in [-0.15, -0.1) is 0 Å². The van der Waals surface area contributed by atoms with Crippen LogP contribution in [-0.2, 0) is 11.8 Å². The summed E-state index contributed by atoms with van der Waals surface area (Å²) < 4.78 is 13.5. The summed E-state index contributed by atoms with van der Waals surface area (Å²) in [5.74, 6) is 0.837. The van der Waals surface area contributed by atoms with Crippen LogP contribution in [-0.4, -0.2) is 36.1 Å². The SMILES string of the molecule is CCNC(c1c(OC)cnn1C)C1(OC)CCCCCC1. The zero-order chi connectivity index (χ0) is 15.3. The average Bonchev–Trinajstić information content (AvgIpc) is 2.72. The third kappa shape index (κ3) is 3.24. The summed E-state index contributed by atoms with van der Waals surface area (Å²) >= 11 is 0. The van der Waals surface area contributed by atoms with Gasteiger partial charge in [0.25, 0.3) is 0 Å². The van der Waals surface area contributed by atoms with Gasteiger partial charge in [0, 0.05) is 14.2 Å². The highest BCUT2D eigenvalue weighted by molar-refractivity contribution is 5.30. The Bertz CT molecular complexity index is 437. The average molecular weight is 295 g/mol. The maximum absolute atomic E-state index is 6.09. The van der Waals surface area contributed by atoms with Crippen LogP contribution in [0, 0.1) is 0 Å². The summed E-state index contributed by atoms with van der Waals surface area (Å²) in [6, 6.07) is 0.105. The van der Waals surface area contributed by atoms with Crippen molar-refractivity contribution >= 4 is 0 Å². The van der Waals surface area contributed by atoms with Crippen molar-refractivity contribution in [2.45, 2.75) is 57.1 Å². The van der Waals surface area contributed by atoms with Crippen molar-refractivity contribution in [1.82, 2.24) is 15.1 Å². The molecule has 1 aliphatic carbocycles. The van der Waals surface area contributed by atoms with Crippen molar-refractivity contribution < 1.29 is 9.47 Å². The molecule has 1 aromatic heterocycles. The third-order valence-electron chi connectivity index (χ3n) is 4.73. The van der Waals surface area contributed by atoms with E-state index in [-0.39, 0.29) is 11.6 Å². The topological polar surface area (TPSA) is 48.3 Å². The van der Waals surface area contributed by atoms with E-state index in [0.717, 1.165) is 30.8 Å². The zero-order valence-electron chi connectivity index (χ0n) is 13.8. The van der Waals surface area contributed by atoms with Crippen LogP contribution in [0.15, 0.2) is 6.20 Å². The van der Waals surface area contributed by atoms with E-state index in [1.165, 1.54) is 25.7 Å². The van der Waals surface area contributed by atoms with Gasteiger partial charge in [0.15, 0.2) is 5.75 Å². The molecule has 1 heterocycles. The third-order valence-corrected chi connectivity index (χ3v) is 4.73. The fourth-order valence-electron chi connectivity index (χ4n) is 3.59.